The topological polar surface area (TPSA) is 42.1 Å². The highest BCUT2D eigenvalue weighted by atomic mass is 35.5. The molecule has 1 saturated heterocycles. The summed E-state index contributed by atoms with van der Waals surface area (Å²) in [5.41, 5.74) is 9.78. The van der Waals surface area contributed by atoms with E-state index in [-0.39, 0.29) is 18.4 Å². The van der Waals surface area contributed by atoms with Crippen LogP contribution in [0.1, 0.15) is 18.9 Å². The number of nitrogens with zero attached hydrogens (tertiary/aromatic N) is 2. The molecule has 3 rings (SSSR count). The minimum Gasteiger partial charge on any atom is -0.369 e. The molecule has 108 valence electrons. The van der Waals surface area contributed by atoms with Gasteiger partial charge in [-0.3, -0.25) is 4.98 Å². The first-order valence-electron chi connectivity index (χ1n) is 7.00. The van der Waals surface area contributed by atoms with Gasteiger partial charge in [-0.1, -0.05) is 13.0 Å². The van der Waals surface area contributed by atoms with Crippen molar-refractivity contribution in [2.75, 3.05) is 18.0 Å². The molecular weight excluding hydrogens is 270 g/mol. The number of piperidine rings is 1. The molecule has 0 unspecified atom stereocenters. The Hall–Kier alpha value is -1.32. The molecule has 1 fully saturated rings. The van der Waals surface area contributed by atoms with E-state index in [1.807, 2.05) is 12.3 Å². The molecule has 2 heterocycles. The van der Waals surface area contributed by atoms with Gasteiger partial charge in [-0.2, -0.15) is 0 Å². The highest BCUT2D eigenvalue weighted by Crippen LogP contribution is 2.30. The fourth-order valence-corrected chi connectivity index (χ4v) is 3.17. The van der Waals surface area contributed by atoms with E-state index in [2.05, 4.69) is 41.9 Å². The van der Waals surface area contributed by atoms with Crippen LogP contribution in [-0.4, -0.2) is 24.1 Å². The molecule has 1 aromatic carbocycles. The fourth-order valence-electron chi connectivity index (χ4n) is 3.17. The minimum atomic E-state index is 0. The maximum absolute atomic E-state index is 6.17. The van der Waals surface area contributed by atoms with Gasteiger partial charge in [-0.25, -0.2) is 0 Å². The van der Waals surface area contributed by atoms with Gasteiger partial charge < -0.3 is 10.6 Å². The summed E-state index contributed by atoms with van der Waals surface area (Å²) in [5, 5.41) is 1.24. The first-order chi connectivity index (χ1) is 9.15. The second-order valence-corrected chi connectivity index (χ2v) is 5.81. The molecule has 0 saturated carbocycles. The van der Waals surface area contributed by atoms with Crippen LogP contribution in [0.2, 0.25) is 0 Å². The summed E-state index contributed by atoms with van der Waals surface area (Å²) >= 11 is 0. The Morgan fingerprint density at radius 3 is 2.80 bits per heavy atom. The first-order valence-corrected chi connectivity index (χ1v) is 7.00. The number of hydrogen-bond donors (Lipinski definition) is 1. The van der Waals surface area contributed by atoms with Crippen LogP contribution in [0.15, 0.2) is 30.5 Å². The average molecular weight is 292 g/mol. The Kier molecular flexibility index (Phi) is 4.51. The van der Waals surface area contributed by atoms with Crippen molar-refractivity contribution in [1.29, 1.82) is 0 Å². The Morgan fingerprint density at radius 2 is 2.05 bits per heavy atom. The molecule has 0 bridgehead atoms. The lowest BCUT2D eigenvalue weighted by Crippen LogP contribution is -2.46. The molecular formula is C16H22ClN3. The van der Waals surface area contributed by atoms with E-state index < -0.39 is 0 Å². The summed E-state index contributed by atoms with van der Waals surface area (Å²) in [6, 6.07) is 8.82. The number of rotatable bonds is 1. The van der Waals surface area contributed by atoms with E-state index >= 15 is 0 Å². The molecule has 2 atom stereocenters. The van der Waals surface area contributed by atoms with Gasteiger partial charge in [-0.15, -0.1) is 12.4 Å². The number of nitrogens with two attached hydrogens (primary N) is 1. The Balaban J connectivity index is 0.00000147. The second-order valence-electron chi connectivity index (χ2n) is 5.81. The van der Waals surface area contributed by atoms with Crippen LogP contribution in [0.3, 0.4) is 0 Å². The van der Waals surface area contributed by atoms with Crippen LogP contribution in [-0.2, 0) is 0 Å². The quantitative estimate of drug-likeness (QED) is 0.878. The summed E-state index contributed by atoms with van der Waals surface area (Å²) in [7, 11) is 0. The molecule has 1 aromatic heterocycles. The van der Waals surface area contributed by atoms with E-state index in [4.69, 9.17) is 5.73 Å². The van der Waals surface area contributed by atoms with Gasteiger partial charge in [0.2, 0.25) is 0 Å². The van der Waals surface area contributed by atoms with Gasteiger partial charge in [0.1, 0.15) is 0 Å². The van der Waals surface area contributed by atoms with Crippen molar-refractivity contribution >= 4 is 29.0 Å². The van der Waals surface area contributed by atoms with E-state index in [0.29, 0.717) is 5.92 Å². The SMILES string of the molecule is Cc1ccc(N2C[C@@H](C)C[C@@H](N)C2)c2cccnc12.Cl. The van der Waals surface area contributed by atoms with Crippen molar-refractivity contribution in [1.82, 2.24) is 4.98 Å². The molecule has 0 spiro atoms. The largest absolute Gasteiger partial charge is 0.369 e. The summed E-state index contributed by atoms with van der Waals surface area (Å²) in [4.78, 5) is 6.94. The molecule has 20 heavy (non-hydrogen) atoms. The summed E-state index contributed by atoms with van der Waals surface area (Å²) < 4.78 is 0. The Morgan fingerprint density at radius 1 is 1.25 bits per heavy atom. The number of halogens is 1. The number of pyridine rings is 1. The lowest BCUT2D eigenvalue weighted by molar-refractivity contribution is 0.402. The van der Waals surface area contributed by atoms with Crippen LogP contribution in [0, 0.1) is 12.8 Å². The standard InChI is InChI=1S/C16H21N3.ClH/c1-11-8-13(17)10-19(9-11)15-6-5-12(2)16-14(15)4-3-7-18-16;/h3-7,11,13H,8-10,17H2,1-2H3;1H/t11-,13+;/m0./s1. The first kappa shape index (κ1) is 15.1. The van der Waals surface area contributed by atoms with E-state index in [0.717, 1.165) is 25.0 Å². The lowest BCUT2D eigenvalue weighted by atomic mass is 9.95. The van der Waals surface area contributed by atoms with Crippen molar-refractivity contribution in [2.45, 2.75) is 26.3 Å². The molecule has 0 aliphatic carbocycles. The van der Waals surface area contributed by atoms with Crippen LogP contribution in [0.5, 0.6) is 0 Å². The van der Waals surface area contributed by atoms with Gasteiger partial charge in [-0.05, 0) is 43.0 Å². The van der Waals surface area contributed by atoms with Gasteiger partial charge in [0.15, 0.2) is 0 Å². The number of hydrogen-bond acceptors (Lipinski definition) is 3. The van der Waals surface area contributed by atoms with Crippen LogP contribution in [0.25, 0.3) is 10.9 Å². The van der Waals surface area contributed by atoms with Crippen LogP contribution in [0.4, 0.5) is 5.69 Å². The van der Waals surface area contributed by atoms with Gasteiger partial charge in [0.25, 0.3) is 0 Å². The zero-order valence-corrected chi connectivity index (χ0v) is 12.9. The zero-order valence-electron chi connectivity index (χ0n) is 12.0. The minimum absolute atomic E-state index is 0. The average Bonchev–Trinajstić information content (AvgIpc) is 2.38. The summed E-state index contributed by atoms with van der Waals surface area (Å²) in [6.07, 6.45) is 2.99. The Bertz CT molecular complexity index is 589. The molecule has 1 aliphatic rings. The van der Waals surface area contributed by atoms with Crippen molar-refractivity contribution in [3.05, 3.63) is 36.0 Å². The highest BCUT2D eigenvalue weighted by molar-refractivity contribution is 5.93. The van der Waals surface area contributed by atoms with E-state index in [1.54, 1.807) is 0 Å². The number of fused-ring (bicyclic) bond motifs is 1. The van der Waals surface area contributed by atoms with Gasteiger partial charge >= 0.3 is 0 Å². The van der Waals surface area contributed by atoms with Gasteiger partial charge in [0, 0.05) is 36.4 Å². The van der Waals surface area contributed by atoms with E-state index in [1.165, 1.54) is 16.6 Å². The fraction of sp³-hybridized carbons (Fsp3) is 0.438. The van der Waals surface area contributed by atoms with Gasteiger partial charge in [0.05, 0.1) is 5.52 Å². The smallest absolute Gasteiger partial charge is 0.0751 e. The predicted octanol–water partition coefficient (Wildman–Crippen LogP) is 3.14. The third-order valence-electron chi connectivity index (χ3n) is 3.98. The zero-order chi connectivity index (χ0) is 13.4. The maximum Gasteiger partial charge on any atom is 0.0751 e. The normalized spacial score (nSPS) is 22.6. The number of aryl methyl sites for hydroxylation is 1. The van der Waals surface area contributed by atoms with Crippen molar-refractivity contribution in [3.63, 3.8) is 0 Å². The number of benzene rings is 1. The highest BCUT2D eigenvalue weighted by Gasteiger charge is 2.23. The third kappa shape index (κ3) is 2.74. The third-order valence-corrected chi connectivity index (χ3v) is 3.98. The molecule has 3 nitrogen and oxygen atoms in total. The number of anilines is 1. The summed E-state index contributed by atoms with van der Waals surface area (Å²) in [5.74, 6) is 0.650. The molecule has 2 aromatic rings. The van der Waals surface area contributed by atoms with Crippen molar-refractivity contribution in [2.24, 2.45) is 11.7 Å². The molecule has 0 amide bonds. The molecule has 0 radical (unpaired) electrons. The molecule has 1 aliphatic heterocycles. The van der Waals surface area contributed by atoms with Crippen LogP contribution >= 0.6 is 12.4 Å². The molecule has 4 heteroatoms. The molecule has 2 N–H and O–H groups in total. The monoisotopic (exact) mass is 291 g/mol. The second kappa shape index (κ2) is 5.98. The lowest BCUT2D eigenvalue weighted by Gasteiger charge is -2.37. The summed E-state index contributed by atoms with van der Waals surface area (Å²) in [6.45, 7) is 6.42. The van der Waals surface area contributed by atoms with Crippen molar-refractivity contribution in [3.8, 4) is 0 Å². The predicted molar refractivity (Wildman–Crippen MR) is 87.7 cm³/mol. The van der Waals surface area contributed by atoms with Crippen molar-refractivity contribution < 1.29 is 0 Å². The van der Waals surface area contributed by atoms with E-state index in [9.17, 15) is 0 Å². The number of aromatic nitrogens is 1. The van der Waals surface area contributed by atoms with Crippen LogP contribution < -0.4 is 10.6 Å². The Labute approximate surface area is 126 Å². The maximum atomic E-state index is 6.17.